The van der Waals surface area contributed by atoms with Gasteiger partial charge in [0.2, 0.25) is 5.95 Å². The Labute approximate surface area is 224 Å². The molecule has 0 bridgehead atoms. The minimum atomic E-state index is -0.168. The first kappa shape index (κ1) is 25.2. The van der Waals surface area contributed by atoms with Crippen molar-refractivity contribution in [2.75, 3.05) is 50.0 Å². The summed E-state index contributed by atoms with van der Waals surface area (Å²) in [6.07, 6.45) is 10.8. The van der Waals surface area contributed by atoms with Crippen LogP contribution in [0.2, 0.25) is 0 Å². The minimum absolute atomic E-state index is 0.0699. The van der Waals surface area contributed by atoms with Crippen LogP contribution in [0.5, 0.6) is 0 Å². The number of nitrogens with one attached hydrogen (secondary N) is 2. The molecular formula is C27H30BrN7O2. The predicted octanol–water partition coefficient (Wildman–Crippen LogP) is 3.37. The van der Waals surface area contributed by atoms with Crippen molar-refractivity contribution in [2.24, 2.45) is 0 Å². The highest BCUT2D eigenvalue weighted by Gasteiger charge is 2.20. The van der Waals surface area contributed by atoms with Gasteiger partial charge in [0.15, 0.2) is 5.82 Å². The lowest BCUT2D eigenvalue weighted by atomic mass is 10.1. The van der Waals surface area contributed by atoms with Crippen LogP contribution in [0.4, 0.5) is 17.5 Å². The standard InChI is InChI=1S/C27H30BrN7O2/c28-23-19-29-27(30-20-8-10-21(11-9-20)34-15-13-33(14-16-34)17-18-36)32-25(23)31-24-7-4-12-35(26(24)37)22-5-2-1-3-6-22/h1-8,10-12,19-20,36H,9,13-18H2,(H2,29,30,31,32). The van der Waals surface area contributed by atoms with E-state index in [9.17, 15) is 4.79 Å². The van der Waals surface area contributed by atoms with Gasteiger partial charge >= 0.3 is 0 Å². The highest BCUT2D eigenvalue weighted by atomic mass is 79.9. The molecule has 1 aliphatic carbocycles. The minimum Gasteiger partial charge on any atom is -0.395 e. The summed E-state index contributed by atoms with van der Waals surface area (Å²) in [5.74, 6) is 0.992. The number of hydrogen-bond donors (Lipinski definition) is 3. The molecule has 1 unspecified atom stereocenters. The molecule has 192 valence electrons. The van der Waals surface area contributed by atoms with Crippen LogP contribution < -0.4 is 16.2 Å². The zero-order chi connectivity index (χ0) is 25.6. The third-order valence-corrected chi connectivity index (χ3v) is 7.11. The zero-order valence-electron chi connectivity index (χ0n) is 20.4. The summed E-state index contributed by atoms with van der Waals surface area (Å²) in [5.41, 5.74) is 2.28. The van der Waals surface area contributed by atoms with E-state index in [2.05, 4.69) is 64.6 Å². The van der Waals surface area contributed by atoms with Crippen molar-refractivity contribution in [3.05, 3.63) is 93.6 Å². The quantitative estimate of drug-likeness (QED) is 0.383. The number of benzene rings is 1. The Morgan fingerprint density at radius 2 is 1.89 bits per heavy atom. The monoisotopic (exact) mass is 563 g/mol. The number of rotatable bonds is 8. The Hall–Kier alpha value is -3.47. The van der Waals surface area contributed by atoms with E-state index in [0.717, 1.165) is 44.8 Å². The molecule has 0 saturated carbocycles. The molecule has 37 heavy (non-hydrogen) atoms. The van der Waals surface area contributed by atoms with E-state index < -0.39 is 0 Å². The van der Waals surface area contributed by atoms with Gasteiger partial charge in [-0.25, -0.2) is 4.98 Å². The number of nitrogens with zero attached hydrogens (tertiary/aromatic N) is 5. The maximum Gasteiger partial charge on any atom is 0.278 e. The number of aliphatic hydroxyl groups excluding tert-OH is 1. The van der Waals surface area contributed by atoms with Gasteiger partial charge in [-0.05, 0) is 52.7 Å². The van der Waals surface area contributed by atoms with Gasteiger partial charge in [0, 0.05) is 56.5 Å². The predicted molar refractivity (Wildman–Crippen MR) is 149 cm³/mol. The van der Waals surface area contributed by atoms with Crippen molar-refractivity contribution in [1.82, 2.24) is 24.3 Å². The summed E-state index contributed by atoms with van der Waals surface area (Å²) in [4.78, 5) is 26.8. The van der Waals surface area contributed by atoms with Crippen LogP contribution in [-0.2, 0) is 0 Å². The van der Waals surface area contributed by atoms with Gasteiger partial charge < -0.3 is 20.6 Å². The van der Waals surface area contributed by atoms with E-state index in [0.29, 0.717) is 21.9 Å². The fourth-order valence-electron chi connectivity index (χ4n) is 4.52. The molecule has 0 amide bonds. The van der Waals surface area contributed by atoms with Crippen molar-refractivity contribution < 1.29 is 5.11 Å². The Morgan fingerprint density at radius 1 is 1.08 bits per heavy atom. The van der Waals surface area contributed by atoms with E-state index >= 15 is 0 Å². The molecule has 0 radical (unpaired) electrons. The molecular weight excluding hydrogens is 534 g/mol. The number of aliphatic hydroxyl groups is 1. The van der Waals surface area contributed by atoms with Gasteiger partial charge in [-0.1, -0.05) is 30.4 Å². The second-order valence-corrected chi connectivity index (χ2v) is 9.83. The van der Waals surface area contributed by atoms with E-state index in [1.807, 2.05) is 36.4 Å². The van der Waals surface area contributed by atoms with Crippen LogP contribution in [0.3, 0.4) is 0 Å². The second kappa shape index (κ2) is 11.7. The molecule has 0 spiro atoms. The number of piperazine rings is 1. The maximum atomic E-state index is 13.1. The third kappa shape index (κ3) is 6.10. The first-order valence-electron chi connectivity index (χ1n) is 12.4. The van der Waals surface area contributed by atoms with Crippen molar-refractivity contribution in [3.8, 4) is 5.69 Å². The topological polar surface area (TPSA) is 98.6 Å². The molecule has 1 aliphatic heterocycles. The Kier molecular flexibility index (Phi) is 7.98. The number of para-hydroxylation sites is 1. The van der Waals surface area contributed by atoms with Crippen LogP contribution in [0.15, 0.2) is 88.1 Å². The molecule has 1 aromatic carbocycles. The van der Waals surface area contributed by atoms with Crippen molar-refractivity contribution in [2.45, 2.75) is 12.5 Å². The fourth-order valence-corrected chi connectivity index (χ4v) is 4.81. The lowest BCUT2D eigenvalue weighted by Crippen LogP contribution is -2.46. The number of hydrogen-bond acceptors (Lipinski definition) is 8. The molecule has 9 nitrogen and oxygen atoms in total. The molecule has 5 rings (SSSR count). The SMILES string of the molecule is O=c1c(Nc2nc(NC3C=CC(N4CCN(CCO)CC4)=CC3)ncc2Br)cccn1-c1ccccc1. The molecule has 3 heterocycles. The molecule has 1 atom stereocenters. The van der Waals surface area contributed by atoms with Crippen molar-refractivity contribution in [1.29, 1.82) is 0 Å². The Bertz CT molecular complexity index is 1330. The average molecular weight is 564 g/mol. The Morgan fingerprint density at radius 3 is 2.62 bits per heavy atom. The number of aromatic nitrogens is 3. The second-order valence-electron chi connectivity index (χ2n) is 8.97. The summed E-state index contributed by atoms with van der Waals surface area (Å²) < 4.78 is 2.26. The van der Waals surface area contributed by atoms with E-state index in [1.54, 1.807) is 23.0 Å². The first-order chi connectivity index (χ1) is 18.1. The fraction of sp³-hybridized carbons (Fsp3) is 0.296. The van der Waals surface area contributed by atoms with Gasteiger partial charge in [-0.2, -0.15) is 4.98 Å². The highest BCUT2D eigenvalue weighted by Crippen LogP contribution is 2.24. The molecule has 3 aromatic rings. The van der Waals surface area contributed by atoms with Gasteiger partial charge in [-0.15, -0.1) is 0 Å². The third-order valence-electron chi connectivity index (χ3n) is 6.53. The number of anilines is 3. The number of β-amino-alcohol motifs (C(OH)–C–C–N with tert-alkyl or cyclic N) is 1. The van der Waals surface area contributed by atoms with Crippen molar-refractivity contribution in [3.63, 3.8) is 0 Å². The van der Waals surface area contributed by atoms with Crippen LogP contribution in [0, 0.1) is 0 Å². The molecule has 10 heteroatoms. The van der Waals surface area contributed by atoms with E-state index in [4.69, 9.17) is 5.11 Å². The van der Waals surface area contributed by atoms with Crippen LogP contribution in [0.1, 0.15) is 6.42 Å². The van der Waals surface area contributed by atoms with Gasteiger partial charge in [-0.3, -0.25) is 14.3 Å². The van der Waals surface area contributed by atoms with Crippen LogP contribution in [0.25, 0.3) is 5.69 Å². The van der Waals surface area contributed by atoms with E-state index in [-0.39, 0.29) is 18.2 Å². The molecule has 1 fully saturated rings. The molecule has 3 N–H and O–H groups in total. The van der Waals surface area contributed by atoms with Crippen LogP contribution >= 0.6 is 15.9 Å². The molecule has 2 aliphatic rings. The largest absolute Gasteiger partial charge is 0.395 e. The lowest BCUT2D eigenvalue weighted by Gasteiger charge is -2.37. The summed E-state index contributed by atoms with van der Waals surface area (Å²) >= 11 is 3.50. The highest BCUT2D eigenvalue weighted by molar-refractivity contribution is 9.10. The molecule has 2 aromatic heterocycles. The maximum absolute atomic E-state index is 13.1. The normalized spacial score (nSPS) is 17.9. The first-order valence-corrected chi connectivity index (χ1v) is 13.2. The number of halogens is 1. The summed E-state index contributed by atoms with van der Waals surface area (Å²) in [5, 5.41) is 15.7. The average Bonchev–Trinajstić information content (AvgIpc) is 2.93. The number of allylic oxidation sites excluding steroid dienone is 1. The smallest absolute Gasteiger partial charge is 0.278 e. The summed E-state index contributed by atoms with van der Waals surface area (Å²) in [6.45, 7) is 4.81. The number of pyridine rings is 1. The molecule has 1 saturated heterocycles. The van der Waals surface area contributed by atoms with Crippen molar-refractivity contribution >= 4 is 33.4 Å². The van der Waals surface area contributed by atoms with Gasteiger partial charge in [0.05, 0.1) is 17.1 Å². The zero-order valence-corrected chi connectivity index (χ0v) is 22.0. The van der Waals surface area contributed by atoms with E-state index in [1.165, 1.54) is 5.70 Å². The summed E-state index contributed by atoms with van der Waals surface area (Å²) in [6, 6.07) is 13.1. The van der Waals surface area contributed by atoms with Crippen LogP contribution in [-0.4, -0.2) is 74.8 Å². The summed E-state index contributed by atoms with van der Waals surface area (Å²) in [7, 11) is 0. The lowest BCUT2D eigenvalue weighted by molar-refractivity contribution is 0.133. The van der Waals surface area contributed by atoms with Gasteiger partial charge in [0.1, 0.15) is 5.69 Å². The van der Waals surface area contributed by atoms with Gasteiger partial charge in [0.25, 0.3) is 5.56 Å². The Balaban J connectivity index is 1.23.